The van der Waals surface area contributed by atoms with Gasteiger partial charge in [-0.3, -0.25) is 0 Å². The number of rotatable bonds is 1. The molecule has 39 valence electrons. The first-order chi connectivity index (χ1) is 3.43. The van der Waals surface area contributed by atoms with Crippen LogP contribution in [-0.4, -0.2) is 0 Å². The molecule has 1 rings (SSSR count). The van der Waals surface area contributed by atoms with Gasteiger partial charge in [0.15, 0.2) is 0 Å². The van der Waals surface area contributed by atoms with Crippen LogP contribution in [0.1, 0.15) is 19.3 Å². The highest BCUT2D eigenvalue weighted by molar-refractivity contribution is 4.93. The lowest BCUT2D eigenvalue weighted by atomic mass is 10.1. The number of hydrogen-bond donors (Lipinski definition) is 0. The molecule has 0 N–H and O–H groups in total. The van der Waals surface area contributed by atoms with Crippen LogP contribution in [0.5, 0.6) is 0 Å². The molecule has 0 unspecified atom stereocenters. The second kappa shape index (κ2) is 2.15. The quantitative estimate of drug-likeness (QED) is 0.438. The molecule has 0 spiro atoms. The monoisotopic (exact) mass is 95.1 g/mol. The van der Waals surface area contributed by atoms with Gasteiger partial charge in [-0.2, -0.15) is 0 Å². The van der Waals surface area contributed by atoms with E-state index in [-0.39, 0.29) is 0 Å². The molecule has 0 saturated carbocycles. The molecule has 0 heterocycles. The minimum Gasteiger partial charge on any atom is -0.0882 e. The Labute approximate surface area is 45.2 Å². The summed E-state index contributed by atoms with van der Waals surface area (Å²) >= 11 is 0. The SMILES string of the molecule is [CH2]CC1CC=CC1. The Morgan fingerprint density at radius 2 is 2.00 bits per heavy atom. The molecule has 0 aromatic rings. The van der Waals surface area contributed by atoms with Crippen molar-refractivity contribution in [3.8, 4) is 0 Å². The highest BCUT2D eigenvalue weighted by Crippen LogP contribution is 2.19. The molecule has 1 aliphatic rings. The van der Waals surface area contributed by atoms with Gasteiger partial charge in [0.05, 0.1) is 0 Å². The fraction of sp³-hybridized carbons (Fsp3) is 0.571. The third-order valence-electron chi connectivity index (χ3n) is 1.51. The summed E-state index contributed by atoms with van der Waals surface area (Å²) in [4.78, 5) is 0. The summed E-state index contributed by atoms with van der Waals surface area (Å²) < 4.78 is 0. The molecule has 1 radical (unpaired) electrons. The van der Waals surface area contributed by atoms with E-state index in [1.54, 1.807) is 0 Å². The third kappa shape index (κ3) is 1.05. The molecule has 0 fully saturated rings. The van der Waals surface area contributed by atoms with Gasteiger partial charge < -0.3 is 0 Å². The summed E-state index contributed by atoms with van der Waals surface area (Å²) in [5.41, 5.74) is 0. The van der Waals surface area contributed by atoms with Crippen LogP contribution in [-0.2, 0) is 0 Å². The van der Waals surface area contributed by atoms with Gasteiger partial charge in [-0.1, -0.05) is 19.1 Å². The molecule has 0 heteroatoms. The largest absolute Gasteiger partial charge is 0.0882 e. The van der Waals surface area contributed by atoms with Crippen LogP contribution in [0.15, 0.2) is 12.2 Å². The molecule has 0 aliphatic heterocycles. The van der Waals surface area contributed by atoms with E-state index in [0.717, 1.165) is 12.3 Å². The van der Waals surface area contributed by atoms with Gasteiger partial charge >= 0.3 is 0 Å². The zero-order valence-corrected chi connectivity index (χ0v) is 4.56. The van der Waals surface area contributed by atoms with Gasteiger partial charge in [0.2, 0.25) is 0 Å². The molecular formula is C7H11. The van der Waals surface area contributed by atoms with Gasteiger partial charge in [0.25, 0.3) is 0 Å². The second-order valence-corrected chi connectivity index (χ2v) is 2.10. The normalized spacial score (nSPS) is 21.3. The highest BCUT2D eigenvalue weighted by atomic mass is 14.1. The summed E-state index contributed by atoms with van der Waals surface area (Å²) in [6.07, 6.45) is 8.13. The molecule has 0 aromatic carbocycles. The Hall–Kier alpha value is -0.260. The third-order valence-corrected chi connectivity index (χ3v) is 1.51. The van der Waals surface area contributed by atoms with Crippen molar-refractivity contribution in [1.82, 2.24) is 0 Å². The molecule has 0 saturated heterocycles. The van der Waals surface area contributed by atoms with Crippen LogP contribution in [0, 0.1) is 12.8 Å². The van der Waals surface area contributed by atoms with E-state index >= 15 is 0 Å². The standard InChI is InChI=1S/C7H11/c1-2-7-5-3-4-6-7/h3-4,7H,1-2,5-6H2. The topological polar surface area (TPSA) is 0 Å². The maximum Gasteiger partial charge on any atom is -0.0319 e. The van der Waals surface area contributed by atoms with E-state index in [4.69, 9.17) is 0 Å². The van der Waals surface area contributed by atoms with E-state index in [9.17, 15) is 0 Å². The predicted molar refractivity (Wildman–Crippen MR) is 31.8 cm³/mol. The molecular weight excluding hydrogens is 84.1 g/mol. The molecule has 0 atom stereocenters. The van der Waals surface area contributed by atoms with Crippen LogP contribution in [0.3, 0.4) is 0 Å². The van der Waals surface area contributed by atoms with Crippen molar-refractivity contribution in [3.63, 3.8) is 0 Å². The Bertz CT molecular complexity index is 64.1. The molecule has 1 aliphatic carbocycles. The lowest BCUT2D eigenvalue weighted by Gasteiger charge is -2.00. The first kappa shape index (κ1) is 4.89. The van der Waals surface area contributed by atoms with E-state index in [1.165, 1.54) is 12.8 Å². The van der Waals surface area contributed by atoms with Gasteiger partial charge in [-0.25, -0.2) is 0 Å². The van der Waals surface area contributed by atoms with Crippen LogP contribution in [0.2, 0.25) is 0 Å². The zero-order chi connectivity index (χ0) is 5.11. The van der Waals surface area contributed by atoms with E-state index in [2.05, 4.69) is 19.1 Å². The van der Waals surface area contributed by atoms with Crippen molar-refractivity contribution < 1.29 is 0 Å². The summed E-state index contributed by atoms with van der Waals surface area (Å²) in [6.45, 7) is 3.83. The number of allylic oxidation sites excluding steroid dienone is 2. The van der Waals surface area contributed by atoms with Crippen LogP contribution >= 0.6 is 0 Å². The summed E-state index contributed by atoms with van der Waals surface area (Å²) in [5.74, 6) is 0.875. The Morgan fingerprint density at radius 1 is 1.43 bits per heavy atom. The lowest BCUT2D eigenvalue weighted by molar-refractivity contribution is 0.578. The first-order valence-electron chi connectivity index (χ1n) is 2.87. The summed E-state index contributed by atoms with van der Waals surface area (Å²) in [7, 11) is 0. The van der Waals surface area contributed by atoms with Crippen molar-refractivity contribution in [3.05, 3.63) is 19.1 Å². The average Bonchev–Trinajstić information content (AvgIpc) is 2.14. The Balaban J connectivity index is 2.22. The minimum absolute atomic E-state index is 0.875. The van der Waals surface area contributed by atoms with Gasteiger partial charge in [0.1, 0.15) is 0 Å². The molecule has 7 heavy (non-hydrogen) atoms. The van der Waals surface area contributed by atoms with Crippen molar-refractivity contribution in [1.29, 1.82) is 0 Å². The summed E-state index contributed by atoms with van der Waals surface area (Å²) in [6, 6.07) is 0. The average molecular weight is 95.2 g/mol. The van der Waals surface area contributed by atoms with E-state index in [1.807, 2.05) is 0 Å². The smallest absolute Gasteiger partial charge is 0.0319 e. The highest BCUT2D eigenvalue weighted by Gasteiger charge is 2.05. The van der Waals surface area contributed by atoms with Crippen molar-refractivity contribution in [2.75, 3.05) is 0 Å². The van der Waals surface area contributed by atoms with E-state index < -0.39 is 0 Å². The predicted octanol–water partition coefficient (Wildman–Crippen LogP) is 2.18. The minimum atomic E-state index is 0.875. The van der Waals surface area contributed by atoms with Gasteiger partial charge in [-0.05, 0) is 25.2 Å². The van der Waals surface area contributed by atoms with Crippen molar-refractivity contribution in [2.45, 2.75) is 19.3 Å². The molecule has 0 bridgehead atoms. The molecule has 0 amide bonds. The van der Waals surface area contributed by atoms with Crippen LogP contribution in [0.25, 0.3) is 0 Å². The molecule has 0 aromatic heterocycles. The van der Waals surface area contributed by atoms with Gasteiger partial charge in [-0.15, -0.1) is 0 Å². The maximum atomic E-state index is 3.83. The summed E-state index contributed by atoms with van der Waals surface area (Å²) in [5, 5.41) is 0. The fourth-order valence-corrected chi connectivity index (χ4v) is 0.909. The van der Waals surface area contributed by atoms with Crippen molar-refractivity contribution >= 4 is 0 Å². The second-order valence-electron chi connectivity index (χ2n) is 2.10. The maximum absolute atomic E-state index is 3.83. The lowest BCUT2D eigenvalue weighted by Crippen LogP contribution is -1.87. The van der Waals surface area contributed by atoms with Crippen LogP contribution in [0.4, 0.5) is 0 Å². The number of hydrogen-bond acceptors (Lipinski definition) is 0. The van der Waals surface area contributed by atoms with E-state index in [0.29, 0.717) is 0 Å². The Kier molecular flexibility index (Phi) is 1.50. The fourth-order valence-electron chi connectivity index (χ4n) is 0.909. The molecule has 0 nitrogen and oxygen atoms in total. The van der Waals surface area contributed by atoms with Crippen molar-refractivity contribution in [2.24, 2.45) is 5.92 Å². The Morgan fingerprint density at radius 3 is 2.29 bits per heavy atom. The first-order valence-corrected chi connectivity index (χ1v) is 2.87. The van der Waals surface area contributed by atoms with Gasteiger partial charge in [0, 0.05) is 0 Å². The zero-order valence-electron chi connectivity index (χ0n) is 4.56. The van der Waals surface area contributed by atoms with Crippen LogP contribution < -0.4 is 0 Å².